The molecule has 1 aliphatic rings. The van der Waals surface area contributed by atoms with Gasteiger partial charge in [-0.3, -0.25) is 9.67 Å². The number of carbonyl (C=O) groups excluding carboxylic acids is 1. The number of aliphatic imine (C=N–C) groups is 1. The van der Waals surface area contributed by atoms with E-state index in [0.717, 1.165) is 38.7 Å². The zero-order valence-electron chi connectivity index (χ0n) is 15.9. The van der Waals surface area contributed by atoms with Gasteiger partial charge in [0.05, 0.1) is 6.61 Å². The van der Waals surface area contributed by atoms with E-state index in [1.54, 1.807) is 11.1 Å². The van der Waals surface area contributed by atoms with Gasteiger partial charge in [0.15, 0.2) is 5.96 Å². The van der Waals surface area contributed by atoms with Crippen LogP contribution < -0.4 is 5.32 Å². The predicted octanol–water partition coefficient (Wildman–Crippen LogP) is 1.88. The lowest BCUT2D eigenvalue weighted by Crippen LogP contribution is -2.54. The van der Waals surface area contributed by atoms with Crippen LogP contribution in [0.1, 0.15) is 20.8 Å². The Bertz CT molecular complexity index is 543. The summed E-state index contributed by atoms with van der Waals surface area (Å²) in [4.78, 5) is 20.5. The quantitative estimate of drug-likeness (QED) is 0.384. The van der Waals surface area contributed by atoms with E-state index in [1.807, 2.05) is 23.9 Å². The van der Waals surface area contributed by atoms with Gasteiger partial charge in [0.2, 0.25) is 0 Å². The topological polar surface area (TPSA) is 75.0 Å². The van der Waals surface area contributed by atoms with Crippen LogP contribution >= 0.6 is 24.0 Å². The van der Waals surface area contributed by atoms with Crippen LogP contribution in [-0.2, 0) is 11.3 Å². The van der Waals surface area contributed by atoms with Crippen molar-refractivity contribution in [2.75, 3.05) is 45.9 Å². The molecule has 0 aromatic carbocycles. The highest BCUT2D eigenvalue weighted by molar-refractivity contribution is 14.0. The average molecular weight is 478 g/mol. The maximum atomic E-state index is 11.8. The molecule has 0 spiro atoms. The molecule has 1 fully saturated rings. The zero-order valence-corrected chi connectivity index (χ0v) is 18.3. The fourth-order valence-electron chi connectivity index (χ4n) is 2.77. The Kier molecular flexibility index (Phi) is 10.4. The molecule has 1 N–H and O–H groups in total. The van der Waals surface area contributed by atoms with Crippen LogP contribution in [0.4, 0.5) is 4.79 Å². The summed E-state index contributed by atoms with van der Waals surface area (Å²) in [7, 11) is 0. The third-order valence-corrected chi connectivity index (χ3v) is 4.05. The number of amides is 1. The molecule has 1 unspecified atom stereocenters. The molecule has 0 saturated carbocycles. The van der Waals surface area contributed by atoms with Gasteiger partial charge in [0, 0.05) is 58.2 Å². The standard InChI is InChI=1S/C17H30N6O2.HI/c1-4-18-16(19-13-15(3)14-23-8-6-7-20-23)21-9-11-22(12-10-21)17(24)25-5-2;/h6-8,15H,4-5,9-14H2,1-3H3,(H,18,19);1H. The Morgan fingerprint density at radius 1 is 1.27 bits per heavy atom. The molecule has 148 valence electrons. The summed E-state index contributed by atoms with van der Waals surface area (Å²) in [6, 6.07) is 1.93. The maximum Gasteiger partial charge on any atom is 0.409 e. The van der Waals surface area contributed by atoms with E-state index >= 15 is 0 Å². The van der Waals surface area contributed by atoms with Gasteiger partial charge >= 0.3 is 6.09 Å². The molecule has 1 atom stereocenters. The minimum absolute atomic E-state index is 0. The van der Waals surface area contributed by atoms with Crippen LogP contribution in [0, 0.1) is 5.92 Å². The van der Waals surface area contributed by atoms with E-state index in [0.29, 0.717) is 25.6 Å². The molecule has 0 bridgehead atoms. The van der Waals surface area contributed by atoms with Crippen LogP contribution in [-0.4, -0.2) is 77.5 Å². The van der Waals surface area contributed by atoms with Crippen molar-refractivity contribution in [3.8, 4) is 0 Å². The summed E-state index contributed by atoms with van der Waals surface area (Å²) in [5, 5.41) is 7.60. The highest BCUT2D eigenvalue weighted by Gasteiger charge is 2.23. The fourth-order valence-corrected chi connectivity index (χ4v) is 2.77. The highest BCUT2D eigenvalue weighted by atomic mass is 127. The lowest BCUT2D eigenvalue weighted by atomic mass is 10.2. The molecular formula is C17H31IN6O2. The van der Waals surface area contributed by atoms with Gasteiger partial charge in [-0.2, -0.15) is 5.10 Å². The van der Waals surface area contributed by atoms with Crippen molar-refractivity contribution in [1.82, 2.24) is 24.9 Å². The number of hydrogen-bond donors (Lipinski definition) is 1. The van der Waals surface area contributed by atoms with Gasteiger partial charge in [0.1, 0.15) is 0 Å². The Balaban J connectivity index is 0.00000338. The molecule has 9 heteroatoms. The number of hydrogen-bond acceptors (Lipinski definition) is 4. The Labute approximate surface area is 173 Å². The Hall–Kier alpha value is -1.52. The first-order valence-electron chi connectivity index (χ1n) is 9.06. The summed E-state index contributed by atoms with van der Waals surface area (Å²) >= 11 is 0. The first kappa shape index (κ1) is 22.5. The largest absolute Gasteiger partial charge is 0.450 e. The minimum atomic E-state index is -0.225. The smallest absolute Gasteiger partial charge is 0.409 e. The molecule has 26 heavy (non-hydrogen) atoms. The summed E-state index contributed by atoms with van der Waals surface area (Å²) < 4.78 is 7.00. The first-order valence-corrected chi connectivity index (χ1v) is 9.06. The number of halogens is 1. The van der Waals surface area contributed by atoms with Crippen molar-refractivity contribution in [3.05, 3.63) is 18.5 Å². The van der Waals surface area contributed by atoms with Crippen LogP contribution in [0.5, 0.6) is 0 Å². The minimum Gasteiger partial charge on any atom is -0.450 e. The maximum absolute atomic E-state index is 11.8. The zero-order chi connectivity index (χ0) is 18.1. The van der Waals surface area contributed by atoms with Crippen molar-refractivity contribution in [1.29, 1.82) is 0 Å². The average Bonchev–Trinajstić information content (AvgIpc) is 3.12. The molecular weight excluding hydrogens is 447 g/mol. The molecule has 1 aliphatic heterocycles. The monoisotopic (exact) mass is 478 g/mol. The van der Waals surface area contributed by atoms with Gasteiger partial charge < -0.3 is 19.9 Å². The van der Waals surface area contributed by atoms with E-state index in [-0.39, 0.29) is 30.1 Å². The second-order valence-corrected chi connectivity index (χ2v) is 6.20. The van der Waals surface area contributed by atoms with Crippen molar-refractivity contribution in [3.63, 3.8) is 0 Å². The van der Waals surface area contributed by atoms with E-state index in [1.165, 1.54) is 0 Å². The number of rotatable bonds is 6. The normalized spacial score (nSPS) is 16.0. The summed E-state index contributed by atoms with van der Waals surface area (Å²) in [5.74, 6) is 1.31. The van der Waals surface area contributed by atoms with Crippen molar-refractivity contribution >= 4 is 36.0 Å². The molecule has 0 radical (unpaired) electrons. The molecule has 1 aromatic rings. The van der Waals surface area contributed by atoms with Crippen LogP contribution in [0.2, 0.25) is 0 Å². The number of nitrogens with one attached hydrogen (secondary N) is 1. The molecule has 8 nitrogen and oxygen atoms in total. The number of ether oxygens (including phenoxy) is 1. The van der Waals surface area contributed by atoms with E-state index in [4.69, 9.17) is 9.73 Å². The molecule has 1 saturated heterocycles. The molecule has 1 amide bonds. The van der Waals surface area contributed by atoms with Gasteiger partial charge in [-0.1, -0.05) is 6.92 Å². The Morgan fingerprint density at radius 3 is 2.54 bits per heavy atom. The molecule has 2 rings (SSSR count). The highest BCUT2D eigenvalue weighted by Crippen LogP contribution is 2.06. The second kappa shape index (κ2) is 12.0. The molecule has 0 aliphatic carbocycles. The summed E-state index contributed by atoms with van der Waals surface area (Å²) in [5.41, 5.74) is 0. The van der Waals surface area contributed by atoms with E-state index in [9.17, 15) is 4.79 Å². The van der Waals surface area contributed by atoms with Gasteiger partial charge in [0.25, 0.3) is 0 Å². The predicted molar refractivity (Wildman–Crippen MR) is 113 cm³/mol. The van der Waals surface area contributed by atoms with Gasteiger partial charge in [-0.05, 0) is 25.8 Å². The first-order chi connectivity index (χ1) is 12.1. The van der Waals surface area contributed by atoms with Crippen molar-refractivity contribution in [2.24, 2.45) is 10.9 Å². The van der Waals surface area contributed by atoms with Gasteiger partial charge in [-0.25, -0.2) is 4.79 Å². The molecule has 2 heterocycles. The second-order valence-electron chi connectivity index (χ2n) is 6.20. The third-order valence-electron chi connectivity index (χ3n) is 4.05. The summed E-state index contributed by atoms with van der Waals surface area (Å²) in [6.07, 6.45) is 3.54. The lowest BCUT2D eigenvalue weighted by Gasteiger charge is -2.36. The van der Waals surface area contributed by atoms with Crippen LogP contribution in [0.25, 0.3) is 0 Å². The van der Waals surface area contributed by atoms with E-state index < -0.39 is 0 Å². The number of nitrogens with zero attached hydrogens (tertiary/aromatic N) is 5. The third kappa shape index (κ3) is 7.00. The number of carbonyl (C=O) groups is 1. The molecule has 1 aromatic heterocycles. The number of piperazine rings is 1. The number of aromatic nitrogens is 2. The summed E-state index contributed by atoms with van der Waals surface area (Å²) in [6.45, 7) is 11.7. The van der Waals surface area contributed by atoms with E-state index in [2.05, 4.69) is 29.2 Å². The lowest BCUT2D eigenvalue weighted by molar-refractivity contribution is 0.0914. The van der Waals surface area contributed by atoms with Crippen molar-refractivity contribution < 1.29 is 9.53 Å². The fraction of sp³-hybridized carbons (Fsp3) is 0.706. The van der Waals surface area contributed by atoms with Gasteiger partial charge in [-0.15, -0.1) is 24.0 Å². The van der Waals surface area contributed by atoms with Crippen molar-refractivity contribution in [2.45, 2.75) is 27.3 Å². The van der Waals surface area contributed by atoms with Crippen LogP contribution in [0.3, 0.4) is 0 Å². The number of guanidine groups is 1. The van der Waals surface area contributed by atoms with Crippen LogP contribution in [0.15, 0.2) is 23.5 Å². The SMILES string of the molecule is CCNC(=NCC(C)Cn1cccn1)N1CCN(C(=O)OCC)CC1.I. The Morgan fingerprint density at radius 2 is 1.96 bits per heavy atom.